The van der Waals surface area contributed by atoms with Crippen LogP contribution in [0.15, 0.2) is 60.9 Å². The predicted octanol–water partition coefficient (Wildman–Crippen LogP) is 4.63. The molecular weight excluding hydrogens is 454 g/mol. The smallest absolute Gasteiger partial charge is 0.407 e. The van der Waals surface area contributed by atoms with Crippen LogP contribution in [0.2, 0.25) is 0 Å². The molecule has 2 aromatic heterocycles. The lowest BCUT2D eigenvalue weighted by Gasteiger charge is -2.39. The molecule has 3 N–H and O–H groups in total. The number of piperidine rings is 1. The minimum Gasteiger partial charge on any atom is -0.465 e. The van der Waals surface area contributed by atoms with Crippen molar-refractivity contribution >= 4 is 38.5 Å². The first-order valence-electron chi connectivity index (χ1n) is 10.9. The Labute approximate surface area is 199 Å². The van der Waals surface area contributed by atoms with Crippen molar-refractivity contribution < 1.29 is 19.7 Å². The molecule has 1 amide bonds. The topological polar surface area (TPSA) is 121 Å². The van der Waals surface area contributed by atoms with Gasteiger partial charge in [0.2, 0.25) is 5.88 Å². The Bertz CT molecular complexity index is 1270. The number of anilines is 2. The molecular formula is C24H23N5O4S. The lowest BCUT2D eigenvalue weighted by molar-refractivity contribution is 0.0862. The summed E-state index contributed by atoms with van der Waals surface area (Å²) in [5.41, 5.74) is 1.67. The zero-order chi connectivity index (χ0) is 23.5. The van der Waals surface area contributed by atoms with Gasteiger partial charge in [0.15, 0.2) is 5.13 Å². The molecule has 4 aromatic rings. The number of hydrogen-bond acceptors (Lipinski definition) is 8. The van der Waals surface area contributed by atoms with Gasteiger partial charge in [0.05, 0.1) is 16.8 Å². The fraction of sp³-hybridized carbons (Fsp3) is 0.250. The number of amides is 1. The summed E-state index contributed by atoms with van der Waals surface area (Å²) < 4.78 is 7.18. The fourth-order valence-corrected chi connectivity index (χ4v) is 5.01. The number of para-hydroxylation sites is 1. The van der Waals surface area contributed by atoms with Crippen molar-refractivity contribution in [1.29, 1.82) is 0 Å². The highest BCUT2D eigenvalue weighted by Crippen LogP contribution is 2.39. The van der Waals surface area contributed by atoms with Crippen molar-refractivity contribution in [2.24, 2.45) is 0 Å². The first-order chi connectivity index (χ1) is 16.6. The van der Waals surface area contributed by atoms with Crippen molar-refractivity contribution in [2.45, 2.75) is 18.3 Å². The SMILES string of the molecule is O=C(O)N1CCC(CO)(c2nccnc2Oc2ccc(Nc3nc4ccccc4s3)cc2)CC1. The number of ether oxygens (including phenoxy) is 1. The number of benzene rings is 2. The van der Waals surface area contributed by atoms with Crippen LogP contribution in [0.1, 0.15) is 18.5 Å². The molecule has 0 radical (unpaired) electrons. The summed E-state index contributed by atoms with van der Waals surface area (Å²) in [5.74, 6) is 0.889. The average Bonchev–Trinajstić information content (AvgIpc) is 3.28. The zero-order valence-electron chi connectivity index (χ0n) is 18.2. The van der Waals surface area contributed by atoms with Gasteiger partial charge in [-0.05, 0) is 49.2 Å². The molecule has 9 nitrogen and oxygen atoms in total. The van der Waals surface area contributed by atoms with E-state index >= 15 is 0 Å². The average molecular weight is 478 g/mol. The van der Waals surface area contributed by atoms with Gasteiger partial charge < -0.3 is 25.2 Å². The molecule has 5 rings (SSSR count). The Balaban J connectivity index is 1.32. The monoisotopic (exact) mass is 477 g/mol. The maximum absolute atomic E-state index is 11.3. The number of aromatic nitrogens is 3. The Morgan fingerprint density at radius 3 is 2.53 bits per heavy atom. The van der Waals surface area contributed by atoms with Crippen LogP contribution in [-0.4, -0.2) is 55.9 Å². The molecule has 1 fully saturated rings. The minimum absolute atomic E-state index is 0.166. The Hall–Kier alpha value is -3.76. The van der Waals surface area contributed by atoms with E-state index in [0.717, 1.165) is 21.0 Å². The number of rotatable bonds is 6. The van der Waals surface area contributed by atoms with E-state index in [-0.39, 0.29) is 6.61 Å². The summed E-state index contributed by atoms with van der Waals surface area (Å²) in [6.07, 6.45) is 3.03. The van der Waals surface area contributed by atoms with Gasteiger partial charge in [-0.1, -0.05) is 23.5 Å². The lowest BCUT2D eigenvalue weighted by Crippen LogP contribution is -2.47. The van der Waals surface area contributed by atoms with Crippen LogP contribution in [0, 0.1) is 0 Å². The van der Waals surface area contributed by atoms with E-state index in [1.807, 2.05) is 48.5 Å². The molecule has 1 aliphatic rings. The van der Waals surface area contributed by atoms with E-state index in [1.165, 1.54) is 4.90 Å². The second-order valence-electron chi connectivity index (χ2n) is 8.16. The van der Waals surface area contributed by atoms with Gasteiger partial charge in [-0.25, -0.2) is 14.8 Å². The highest BCUT2D eigenvalue weighted by atomic mass is 32.1. The van der Waals surface area contributed by atoms with Crippen LogP contribution in [0.5, 0.6) is 11.6 Å². The lowest BCUT2D eigenvalue weighted by atomic mass is 9.76. The van der Waals surface area contributed by atoms with Crippen LogP contribution in [0.4, 0.5) is 15.6 Å². The molecule has 10 heteroatoms. The van der Waals surface area contributed by atoms with E-state index in [9.17, 15) is 15.0 Å². The maximum Gasteiger partial charge on any atom is 0.407 e. The van der Waals surface area contributed by atoms with Crippen LogP contribution in [-0.2, 0) is 5.41 Å². The summed E-state index contributed by atoms with van der Waals surface area (Å²) in [4.78, 5) is 26.1. The fourth-order valence-electron chi connectivity index (χ4n) is 4.13. The summed E-state index contributed by atoms with van der Waals surface area (Å²) >= 11 is 1.59. The predicted molar refractivity (Wildman–Crippen MR) is 129 cm³/mol. The van der Waals surface area contributed by atoms with E-state index in [2.05, 4.69) is 20.3 Å². The molecule has 0 bridgehead atoms. The molecule has 1 aliphatic heterocycles. The number of hydrogen-bond donors (Lipinski definition) is 3. The normalized spacial score (nSPS) is 15.3. The van der Waals surface area contributed by atoms with Crippen molar-refractivity contribution in [3.63, 3.8) is 0 Å². The van der Waals surface area contributed by atoms with Crippen molar-refractivity contribution in [3.8, 4) is 11.6 Å². The quantitative estimate of drug-likeness (QED) is 0.368. The molecule has 34 heavy (non-hydrogen) atoms. The van der Waals surface area contributed by atoms with E-state index < -0.39 is 11.5 Å². The van der Waals surface area contributed by atoms with Gasteiger partial charge in [-0.3, -0.25) is 4.98 Å². The number of nitrogens with zero attached hydrogens (tertiary/aromatic N) is 4. The molecule has 0 unspecified atom stereocenters. The highest BCUT2D eigenvalue weighted by Gasteiger charge is 2.41. The molecule has 3 heterocycles. The molecule has 1 saturated heterocycles. The summed E-state index contributed by atoms with van der Waals surface area (Å²) in [5, 5.41) is 23.6. The van der Waals surface area contributed by atoms with E-state index in [1.54, 1.807) is 23.7 Å². The Morgan fingerprint density at radius 1 is 1.09 bits per heavy atom. The van der Waals surface area contributed by atoms with Crippen molar-refractivity contribution in [1.82, 2.24) is 19.9 Å². The number of nitrogens with one attached hydrogen (secondary N) is 1. The van der Waals surface area contributed by atoms with Gasteiger partial charge in [-0.15, -0.1) is 0 Å². The highest BCUT2D eigenvalue weighted by molar-refractivity contribution is 7.22. The standard InChI is InChI=1S/C24H23N5O4S/c30-15-24(9-13-29(14-10-24)23(31)32)20-21(26-12-11-25-20)33-17-7-5-16(6-8-17)27-22-28-18-3-1-2-4-19(18)34-22/h1-8,11-12,30H,9-10,13-15H2,(H,27,28)(H,31,32). The summed E-state index contributed by atoms with van der Waals surface area (Å²) in [6.45, 7) is 0.469. The molecule has 0 spiro atoms. The number of carbonyl (C=O) groups is 1. The minimum atomic E-state index is -0.957. The van der Waals surface area contributed by atoms with Gasteiger partial charge in [0.25, 0.3) is 0 Å². The molecule has 2 aromatic carbocycles. The first-order valence-corrected chi connectivity index (χ1v) is 11.7. The van der Waals surface area contributed by atoms with E-state index in [4.69, 9.17) is 4.74 Å². The number of aliphatic hydroxyl groups is 1. The molecule has 0 atom stereocenters. The van der Waals surface area contributed by atoms with E-state index in [0.29, 0.717) is 43.3 Å². The van der Waals surface area contributed by atoms with Gasteiger partial charge in [0, 0.05) is 36.6 Å². The number of aliphatic hydroxyl groups excluding tert-OH is 1. The second kappa shape index (κ2) is 9.24. The van der Waals surface area contributed by atoms with Gasteiger partial charge >= 0.3 is 6.09 Å². The number of carboxylic acid groups (broad SMARTS) is 1. The molecule has 0 aliphatic carbocycles. The third-order valence-corrected chi connectivity index (χ3v) is 7.03. The van der Waals surface area contributed by atoms with Crippen molar-refractivity contribution in [3.05, 3.63) is 66.6 Å². The Morgan fingerprint density at radius 2 is 1.82 bits per heavy atom. The van der Waals surface area contributed by atoms with Gasteiger partial charge in [0.1, 0.15) is 11.4 Å². The summed E-state index contributed by atoms with van der Waals surface area (Å²) in [6, 6.07) is 15.4. The molecule has 0 saturated carbocycles. The van der Waals surface area contributed by atoms with Crippen molar-refractivity contribution in [2.75, 3.05) is 25.0 Å². The first kappa shape index (κ1) is 22.1. The van der Waals surface area contributed by atoms with Crippen LogP contribution >= 0.6 is 11.3 Å². The number of thiazole rings is 1. The van der Waals surface area contributed by atoms with Crippen LogP contribution in [0.3, 0.4) is 0 Å². The summed E-state index contributed by atoms with van der Waals surface area (Å²) in [7, 11) is 0. The maximum atomic E-state index is 11.3. The molecule has 174 valence electrons. The largest absolute Gasteiger partial charge is 0.465 e. The van der Waals surface area contributed by atoms with Crippen LogP contribution < -0.4 is 10.1 Å². The number of fused-ring (bicyclic) bond motifs is 1. The van der Waals surface area contributed by atoms with Gasteiger partial charge in [-0.2, -0.15) is 0 Å². The Kier molecular flexibility index (Phi) is 5.99. The number of likely N-dealkylation sites (tertiary alicyclic amines) is 1. The van der Waals surface area contributed by atoms with Crippen LogP contribution in [0.25, 0.3) is 10.2 Å². The third-order valence-electron chi connectivity index (χ3n) is 6.07. The zero-order valence-corrected chi connectivity index (χ0v) is 19.0. The second-order valence-corrected chi connectivity index (χ2v) is 9.19. The third kappa shape index (κ3) is 4.37.